The van der Waals surface area contributed by atoms with Crippen LogP contribution in [0.25, 0.3) is 0 Å². The standard InChI is InChI=1S/C17H24ClFN2/c1-2-8-20-13-10-14-4-3-5-15(11-13)21(14)17-9-12(18)6-7-16(17)19/h6-7,9,13-15,20H,2-5,8,10-11H2,1H3. The zero-order chi connectivity index (χ0) is 14.8. The van der Waals surface area contributed by atoms with Gasteiger partial charge < -0.3 is 10.2 Å². The summed E-state index contributed by atoms with van der Waals surface area (Å²) in [6.45, 7) is 3.28. The largest absolute Gasteiger partial charge is 0.363 e. The predicted octanol–water partition coefficient (Wildman–Crippen LogP) is 4.37. The molecule has 2 fully saturated rings. The van der Waals surface area contributed by atoms with Crippen molar-refractivity contribution in [3.8, 4) is 0 Å². The van der Waals surface area contributed by atoms with Gasteiger partial charge in [0, 0.05) is 23.1 Å². The molecule has 0 amide bonds. The first-order valence-electron chi connectivity index (χ1n) is 8.15. The molecule has 3 rings (SSSR count). The molecule has 0 radical (unpaired) electrons. The normalized spacial score (nSPS) is 28.7. The van der Waals surface area contributed by atoms with Crippen LogP contribution >= 0.6 is 11.6 Å². The number of halogens is 2. The van der Waals surface area contributed by atoms with Gasteiger partial charge >= 0.3 is 0 Å². The Morgan fingerprint density at radius 1 is 1.29 bits per heavy atom. The lowest BCUT2D eigenvalue weighted by Gasteiger charge is -2.50. The smallest absolute Gasteiger partial charge is 0.146 e. The molecule has 4 heteroatoms. The Bertz CT molecular complexity index is 480. The summed E-state index contributed by atoms with van der Waals surface area (Å²) < 4.78 is 14.2. The first-order valence-corrected chi connectivity index (χ1v) is 8.53. The van der Waals surface area contributed by atoms with Crippen LogP contribution in [-0.4, -0.2) is 24.7 Å². The lowest BCUT2D eigenvalue weighted by molar-refractivity contribution is 0.244. The van der Waals surface area contributed by atoms with Crippen LogP contribution in [0.2, 0.25) is 5.02 Å². The molecule has 2 bridgehead atoms. The minimum Gasteiger partial charge on any atom is -0.363 e. The van der Waals surface area contributed by atoms with E-state index in [1.54, 1.807) is 12.1 Å². The molecule has 0 saturated carbocycles. The molecule has 0 aliphatic carbocycles. The maximum atomic E-state index is 14.2. The maximum absolute atomic E-state index is 14.2. The lowest BCUT2D eigenvalue weighted by atomic mass is 9.81. The molecule has 0 spiro atoms. The van der Waals surface area contributed by atoms with Crippen molar-refractivity contribution in [1.29, 1.82) is 0 Å². The highest BCUT2D eigenvalue weighted by molar-refractivity contribution is 6.30. The lowest BCUT2D eigenvalue weighted by Crippen LogP contribution is -2.56. The fourth-order valence-electron chi connectivity index (χ4n) is 3.97. The first-order chi connectivity index (χ1) is 10.2. The van der Waals surface area contributed by atoms with Gasteiger partial charge in [-0.1, -0.05) is 18.5 Å². The van der Waals surface area contributed by atoms with Crippen LogP contribution in [0.4, 0.5) is 10.1 Å². The van der Waals surface area contributed by atoms with Gasteiger partial charge in [0.05, 0.1) is 5.69 Å². The molecule has 2 aliphatic rings. The van der Waals surface area contributed by atoms with Crippen molar-refractivity contribution in [3.63, 3.8) is 0 Å². The van der Waals surface area contributed by atoms with Gasteiger partial charge in [0.1, 0.15) is 5.82 Å². The Morgan fingerprint density at radius 3 is 2.67 bits per heavy atom. The summed E-state index contributed by atoms with van der Waals surface area (Å²) in [6, 6.07) is 6.39. The van der Waals surface area contributed by atoms with Crippen molar-refractivity contribution in [2.45, 2.75) is 63.6 Å². The van der Waals surface area contributed by atoms with Gasteiger partial charge in [0.2, 0.25) is 0 Å². The number of hydrogen-bond acceptors (Lipinski definition) is 2. The van der Waals surface area contributed by atoms with Gasteiger partial charge in [-0.25, -0.2) is 4.39 Å². The van der Waals surface area contributed by atoms with Crippen molar-refractivity contribution in [2.75, 3.05) is 11.4 Å². The van der Waals surface area contributed by atoms with E-state index in [0.717, 1.165) is 32.2 Å². The highest BCUT2D eigenvalue weighted by Gasteiger charge is 2.39. The molecular weight excluding hydrogens is 287 g/mol. The SMILES string of the molecule is CCCNC1CC2CCCC(C1)N2c1cc(Cl)ccc1F. The molecule has 2 saturated heterocycles. The number of nitrogens with zero attached hydrogens (tertiary/aromatic N) is 1. The fraction of sp³-hybridized carbons (Fsp3) is 0.647. The van der Waals surface area contributed by atoms with E-state index in [0.29, 0.717) is 28.8 Å². The third-order valence-electron chi connectivity index (χ3n) is 4.84. The average molecular weight is 311 g/mol. The number of hydrogen-bond donors (Lipinski definition) is 1. The molecule has 1 aromatic carbocycles. The van der Waals surface area contributed by atoms with Crippen LogP contribution in [0.5, 0.6) is 0 Å². The van der Waals surface area contributed by atoms with Gasteiger partial charge in [0.15, 0.2) is 0 Å². The molecule has 2 unspecified atom stereocenters. The molecular formula is C17H24ClFN2. The van der Waals surface area contributed by atoms with Gasteiger partial charge in [-0.15, -0.1) is 0 Å². The van der Waals surface area contributed by atoms with Crippen molar-refractivity contribution in [1.82, 2.24) is 5.32 Å². The number of anilines is 1. The third kappa shape index (κ3) is 3.19. The van der Waals surface area contributed by atoms with E-state index in [-0.39, 0.29) is 5.82 Å². The summed E-state index contributed by atoms with van der Waals surface area (Å²) >= 11 is 6.08. The molecule has 116 valence electrons. The summed E-state index contributed by atoms with van der Waals surface area (Å²) in [6.07, 6.45) is 6.97. The average Bonchev–Trinajstić information content (AvgIpc) is 2.46. The molecule has 2 aliphatic heterocycles. The van der Waals surface area contributed by atoms with E-state index in [1.807, 2.05) is 0 Å². The van der Waals surface area contributed by atoms with E-state index in [2.05, 4.69) is 17.1 Å². The van der Waals surface area contributed by atoms with Crippen molar-refractivity contribution >= 4 is 17.3 Å². The van der Waals surface area contributed by atoms with Gasteiger partial charge in [-0.05, 0) is 63.3 Å². The molecule has 21 heavy (non-hydrogen) atoms. The van der Waals surface area contributed by atoms with Crippen LogP contribution in [0.3, 0.4) is 0 Å². The molecule has 0 aromatic heterocycles. The minimum absolute atomic E-state index is 0.142. The molecule has 1 aromatic rings. The quantitative estimate of drug-likeness (QED) is 0.888. The van der Waals surface area contributed by atoms with Crippen LogP contribution in [0.15, 0.2) is 18.2 Å². The van der Waals surface area contributed by atoms with E-state index in [4.69, 9.17) is 11.6 Å². The Kier molecular flexibility index (Phi) is 4.70. The van der Waals surface area contributed by atoms with Gasteiger partial charge in [-0.3, -0.25) is 0 Å². The van der Waals surface area contributed by atoms with Crippen LogP contribution < -0.4 is 10.2 Å². The molecule has 1 N–H and O–H groups in total. The molecule has 2 heterocycles. The summed E-state index contributed by atoms with van der Waals surface area (Å²) in [5, 5.41) is 4.27. The second kappa shape index (κ2) is 6.53. The highest BCUT2D eigenvalue weighted by atomic mass is 35.5. The summed E-state index contributed by atoms with van der Waals surface area (Å²) in [5.74, 6) is -0.142. The third-order valence-corrected chi connectivity index (χ3v) is 5.08. The molecule has 2 atom stereocenters. The van der Waals surface area contributed by atoms with E-state index in [1.165, 1.54) is 18.9 Å². The highest BCUT2D eigenvalue weighted by Crippen LogP contribution is 2.39. The molecule has 2 nitrogen and oxygen atoms in total. The van der Waals surface area contributed by atoms with Gasteiger partial charge in [0.25, 0.3) is 0 Å². The Labute approximate surface area is 131 Å². The predicted molar refractivity (Wildman–Crippen MR) is 86.6 cm³/mol. The fourth-order valence-corrected chi connectivity index (χ4v) is 4.14. The summed E-state index contributed by atoms with van der Waals surface area (Å²) in [7, 11) is 0. The van der Waals surface area contributed by atoms with Crippen molar-refractivity contribution < 1.29 is 4.39 Å². The zero-order valence-electron chi connectivity index (χ0n) is 12.6. The van der Waals surface area contributed by atoms with Crippen LogP contribution in [0, 0.1) is 5.82 Å². The van der Waals surface area contributed by atoms with E-state index < -0.39 is 0 Å². The van der Waals surface area contributed by atoms with Gasteiger partial charge in [-0.2, -0.15) is 0 Å². The number of rotatable bonds is 4. The number of nitrogens with one attached hydrogen (secondary N) is 1. The maximum Gasteiger partial charge on any atom is 0.146 e. The van der Waals surface area contributed by atoms with Crippen LogP contribution in [-0.2, 0) is 0 Å². The Morgan fingerprint density at radius 2 is 2.00 bits per heavy atom. The van der Waals surface area contributed by atoms with E-state index in [9.17, 15) is 4.39 Å². The monoisotopic (exact) mass is 310 g/mol. The summed E-state index contributed by atoms with van der Waals surface area (Å²) in [4.78, 5) is 2.31. The Hall–Kier alpha value is -0.800. The second-order valence-electron chi connectivity index (χ2n) is 6.36. The topological polar surface area (TPSA) is 15.3 Å². The van der Waals surface area contributed by atoms with Crippen LogP contribution in [0.1, 0.15) is 45.4 Å². The van der Waals surface area contributed by atoms with E-state index >= 15 is 0 Å². The minimum atomic E-state index is -0.142. The number of fused-ring (bicyclic) bond motifs is 2. The Balaban J connectivity index is 1.82. The second-order valence-corrected chi connectivity index (χ2v) is 6.80. The first kappa shape index (κ1) is 15.1. The number of benzene rings is 1. The zero-order valence-corrected chi connectivity index (χ0v) is 13.4. The van der Waals surface area contributed by atoms with Crippen molar-refractivity contribution in [2.24, 2.45) is 0 Å². The number of piperidine rings is 2. The summed E-state index contributed by atoms with van der Waals surface area (Å²) in [5.41, 5.74) is 0.700. The van der Waals surface area contributed by atoms with Crippen molar-refractivity contribution in [3.05, 3.63) is 29.0 Å².